The Hall–Kier alpha value is -1.40. The molecular formula is C12H8BrN3OS. The summed E-state index contributed by atoms with van der Waals surface area (Å²) in [5.41, 5.74) is 1.56. The first-order valence-electron chi connectivity index (χ1n) is 5.20. The van der Waals surface area contributed by atoms with Crippen molar-refractivity contribution in [2.24, 2.45) is 0 Å². The first kappa shape index (κ1) is 11.7. The van der Waals surface area contributed by atoms with Crippen molar-refractivity contribution < 1.29 is 4.52 Å². The molecule has 0 saturated heterocycles. The monoisotopic (exact) mass is 321 g/mol. The lowest BCUT2D eigenvalue weighted by Gasteiger charge is -1.98. The number of hydrogen-bond acceptors (Lipinski definition) is 5. The van der Waals surface area contributed by atoms with E-state index in [0.717, 1.165) is 21.1 Å². The molecule has 0 spiro atoms. The average molecular weight is 322 g/mol. The number of aromatic nitrogens is 3. The predicted octanol–water partition coefficient (Wildman–Crippen LogP) is 3.77. The van der Waals surface area contributed by atoms with E-state index < -0.39 is 0 Å². The Morgan fingerprint density at radius 1 is 1.28 bits per heavy atom. The molecule has 0 aliphatic rings. The van der Waals surface area contributed by atoms with Gasteiger partial charge in [0.2, 0.25) is 0 Å². The first-order valence-corrected chi connectivity index (χ1v) is 7.22. The zero-order chi connectivity index (χ0) is 12.5. The molecule has 0 bridgehead atoms. The summed E-state index contributed by atoms with van der Waals surface area (Å²) < 4.78 is 6.37. The van der Waals surface area contributed by atoms with Gasteiger partial charge in [-0.05, 0) is 30.5 Å². The van der Waals surface area contributed by atoms with Crippen LogP contribution in [-0.4, -0.2) is 21.4 Å². The van der Waals surface area contributed by atoms with Crippen LogP contribution in [0.4, 0.5) is 0 Å². The molecule has 0 N–H and O–H groups in total. The summed E-state index contributed by atoms with van der Waals surface area (Å²) in [5, 5.41) is 5.68. The molecule has 0 aliphatic heterocycles. The van der Waals surface area contributed by atoms with Crippen LogP contribution in [0.5, 0.6) is 0 Å². The molecule has 18 heavy (non-hydrogen) atoms. The first-order chi connectivity index (χ1) is 8.78. The van der Waals surface area contributed by atoms with Gasteiger partial charge in [-0.25, -0.2) is 9.97 Å². The fraction of sp³-hybridized carbons (Fsp3) is 0.0833. The van der Waals surface area contributed by atoms with E-state index in [0.29, 0.717) is 10.9 Å². The molecule has 90 valence electrons. The highest BCUT2D eigenvalue weighted by atomic mass is 79.9. The van der Waals surface area contributed by atoms with E-state index in [9.17, 15) is 0 Å². The Bertz CT molecular complexity index is 713. The Kier molecular flexibility index (Phi) is 3.05. The van der Waals surface area contributed by atoms with Gasteiger partial charge in [0.15, 0.2) is 10.9 Å². The minimum absolute atomic E-state index is 0.670. The summed E-state index contributed by atoms with van der Waals surface area (Å²) in [4.78, 5) is 8.56. The fourth-order valence-electron chi connectivity index (χ4n) is 1.66. The molecular weight excluding hydrogens is 314 g/mol. The minimum atomic E-state index is 0.670. The Morgan fingerprint density at radius 3 is 3.00 bits per heavy atom. The molecule has 2 aromatic heterocycles. The third-order valence-corrected chi connectivity index (χ3v) is 3.54. The van der Waals surface area contributed by atoms with Gasteiger partial charge >= 0.3 is 0 Å². The maximum atomic E-state index is 5.39. The molecule has 4 nitrogen and oxygen atoms in total. The van der Waals surface area contributed by atoms with Crippen molar-refractivity contribution in [3.8, 4) is 11.5 Å². The smallest absolute Gasteiger partial charge is 0.193 e. The van der Waals surface area contributed by atoms with Crippen molar-refractivity contribution >= 4 is 38.6 Å². The Morgan fingerprint density at radius 2 is 2.17 bits per heavy atom. The summed E-state index contributed by atoms with van der Waals surface area (Å²) in [5.74, 6) is 0.670. The number of hydrogen-bond donors (Lipinski definition) is 0. The van der Waals surface area contributed by atoms with Crippen LogP contribution >= 0.6 is 27.7 Å². The van der Waals surface area contributed by atoms with Crippen molar-refractivity contribution in [2.75, 3.05) is 6.26 Å². The molecule has 0 amide bonds. The van der Waals surface area contributed by atoms with Crippen molar-refractivity contribution in [1.29, 1.82) is 0 Å². The molecule has 1 aromatic carbocycles. The van der Waals surface area contributed by atoms with Crippen LogP contribution in [0.3, 0.4) is 0 Å². The highest BCUT2D eigenvalue weighted by Gasteiger charge is 2.12. The maximum Gasteiger partial charge on any atom is 0.193 e. The standard InChI is InChI=1S/C12H8BrN3OS/c1-18-12-14-5-4-10(15-12)11-8-6-7(13)2-3-9(8)16-17-11/h2-6H,1H3. The van der Waals surface area contributed by atoms with Gasteiger partial charge in [-0.3, -0.25) is 0 Å². The van der Waals surface area contributed by atoms with Gasteiger partial charge in [0.25, 0.3) is 0 Å². The highest BCUT2D eigenvalue weighted by Crippen LogP contribution is 2.29. The molecule has 0 aliphatic carbocycles. The van der Waals surface area contributed by atoms with E-state index in [1.165, 1.54) is 11.8 Å². The van der Waals surface area contributed by atoms with Gasteiger partial charge < -0.3 is 4.52 Å². The zero-order valence-electron chi connectivity index (χ0n) is 9.42. The molecule has 6 heteroatoms. The molecule has 3 rings (SSSR count). The summed E-state index contributed by atoms with van der Waals surface area (Å²) >= 11 is 4.94. The average Bonchev–Trinajstić information content (AvgIpc) is 2.81. The predicted molar refractivity (Wildman–Crippen MR) is 74.5 cm³/mol. The molecule has 0 atom stereocenters. The minimum Gasteiger partial charge on any atom is -0.353 e. The molecule has 0 fully saturated rings. The van der Waals surface area contributed by atoms with Crippen molar-refractivity contribution in [1.82, 2.24) is 15.1 Å². The molecule has 0 unspecified atom stereocenters. The van der Waals surface area contributed by atoms with E-state index in [1.54, 1.807) is 6.20 Å². The molecule has 2 heterocycles. The molecule has 3 aromatic rings. The van der Waals surface area contributed by atoms with Crippen molar-refractivity contribution in [3.05, 3.63) is 34.9 Å². The maximum absolute atomic E-state index is 5.39. The largest absolute Gasteiger partial charge is 0.353 e. The Balaban J connectivity index is 2.21. The lowest BCUT2D eigenvalue weighted by molar-refractivity contribution is 0.439. The third kappa shape index (κ3) is 2.02. The van der Waals surface area contributed by atoms with Gasteiger partial charge in [-0.1, -0.05) is 32.8 Å². The van der Waals surface area contributed by atoms with Crippen LogP contribution < -0.4 is 0 Å². The SMILES string of the molecule is CSc1nccc(-c2onc3ccc(Br)cc23)n1. The quantitative estimate of drug-likeness (QED) is 0.531. The van der Waals surface area contributed by atoms with Crippen molar-refractivity contribution in [3.63, 3.8) is 0 Å². The van der Waals surface area contributed by atoms with Crippen LogP contribution in [0.25, 0.3) is 22.4 Å². The van der Waals surface area contributed by atoms with Crippen molar-refractivity contribution in [2.45, 2.75) is 5.16 Å². The second-order valence-corrected chi connectivity index (χ2v) is 5.29. The van der Waals surface area contributed by atoms with E-state index in [1.807, 2.05) is 30.5 Å². The second-order valence-electron chi connectivity index (χ2n) is 3.60. The normalized spacial score (nSPS) is 11.0. The summed E-state index contributed by atoms with van der Waals surface area (Å²) in [6.07, 6.45) is 3.66. The van der Waals surface area contributed by atoms with E-state index in [2.05, 4.69) is 31.1 Å². The Labute approximate surface area is 116 Å². The summed E-state index contributed by atoms with van der Waals surface area (Å²) in [6, 6.07) is 7.63. The van der Waals surface area contributed by atoms with Gasteiger partial charge in [-0.15, -0.1) is 0 Å². The van der Waals surface area contributed by atoms with Crippen LogP contribution in [0.2, 0.25) is 0 Å². The van der Waals surface area contributed by atoms with Gasteiger partial charge in [0.05, 0.1) is 5.39 Å². The number of rotatable bonds is 2. The molecule has 0 radical (unpaired) electrons. The van der Waals surface area contributed by atoms with E-state index >= 15 is 0 Å². The van der Waals surface area contributed by atoms with E-state index in [-0.39, 0.29) is 0 Å². The van der Waals surface area contributed by atoms with Crippen LogP contribution in [0.1, 0.15) is 0 Å². The number of halogens is 1. The van der Waals surface area contributed by atoms with E-state index in [4.69, 9.17) is 4.52 Å². The topological polar surface area (TPSA) is 51.8 Å². The van der Waals surface area contributed by atoms with Gasteiger partial charge in [-0.2, -0.15) is 0 Å². The third-order valence-electron chi connectivity index (χ3n) is 2.49. The number of nitrogens with zero attached hydrogens (tertiary/aromatic N) is 3. The number of benzene rings is 1. The van der Waals surface area contributed by atoms with Crippen LogP contribution in [0.15, 0.2) is 44.6 Å². The molecule has 0 saturated carbocycles. The zero-order valence-corrected chi connectivity index (χ0v) is 11.8. The van der Waals surface area contributed by atoms with Gasteiger partial charge in [0.1, 0.15) is 11.2 Å². The van der Waals surface area contributed by atoms with Crippen LogP contribution in [-0.2, 0) is 0 Å². The second kappa shape index (κ2) is 4.70. The number of fused-ring (bicyclic) bond motifs is 1. The fourth-order valence-corrected chi connectivity index (χ4v) is 2.38. The lowest BCUT2D eigenvalue weighted by atomic mass is 10.2. The number of thioether (sulfide) groups is 1. The summed E-state index contributed by atoms with van der Waals surface area (Å²) in [7, 11) is 0. The van der Waals surface area contributed by atoms with Gasteiger partial charge in [0, 0.05) is 10.7 Å². The van der Waals surface area contributed by atoms with Crippen LogP contribution in [0, 0.1) is 0 Å². The summed E-state index contributed by atoms with van der Waals surface area (Å²) in [6.45, 7) is 0. The lowest BCUT2D eigenvalue weighted by Crippen LogP contribution is -1.87. The highest BCUT2D eigenvalue weighted by molar-refractivity contribution is 9.10.